The zero-order chi connectivity index (χ0) is 12.8. The maximum atomic E-state index is 12.6. The summed E-state index contributed by atoms with van der Waals surface area (Å²) in [7, 11) is -1.08. The third-order valence-electron chi connectivity index (χ3n) is 2.82. The summed E-state index contributed by atoms with van der Waals surface area (Å²) in [5.74, 6) is 0. The average molecular weight is 259 g/mol. The van der Waals surface area contributed by atoms with Crippen molar-refractivity contribution in [2.24, 2.45) is 0 Å². The summed E-state index contributed by atoms with van der Waals surface area (Å²) in [6.07, 6.45) is 3.62. The second-order valence-electron chi connectivity index (χ2n) is 4.15. The van der Waals surface area contributed by atoms with Gasteiger partial charge in [-0.05, 0) is 24.1 Å². The molecule has 0 spiro atoms. The first-order valence-corrected chi connectivity index (χ1v) is 7.40. The molecule has 0 N–H and O–H groups in total. The van der Waals surface area contributed by atoms with Gasteiger partial charge in [0.05, 0.1) is 16.0 Å². The largest absolute Gasteiger partial charge is 0.252 e. The van der Waals surface area contributed by atoms with E-state index in [-0.39, 0.29) is 5.25 Å². The molecule has 0 aliphatic heterocycles. The van der Waals surface area contributed by atoms with Crippen molar-refractivity contribution in [2.75, 3.05) is 0 Å². The summed E-state index contributed by atoms with van der Waals surface area (Å²) >= 11 is 0. The molecule has 18 heavy (non-hydrogen) atoms. The van der Waals surface area contributed by atoms with Crippen molar-refractivity contribution < 1.29 is 4.21 Å². The molecule has 0 saturated carbocycles. The zero-order valence-corrected chi connectivity index (χ0v) is 11.3. The highest BCUT2D eigenvalue weighted by Crippen LogP contribution is 2.28. The molecule has 1 aromatic carbocycles. The van der Waals surface area contributed by atoms with Crippen LogP contribution in [0, 0.1) is 0 Å². The molecule has 0 amide bonds. The summed E-state index contributed by atoms with van der Waals surface area (Å²) in [6.45, 7) is 2.12. The van der Waals surface area contributed by atoms with Gasteiger partial charge in [-0.15, -0.1) is 0 Å². The van der Waals surface area contributed by atoms with Crippen LogP contribution in [0.1, 0.15) is 30.6 Å². The van der Waals surface area contributed by atoms with Gasteiger partial charge in [-0.1, -0.05) is 49.7 Å². The van der Waals surface area contributed by atoms with Crippen molar-refractivity contribution in [1.29, 1.82) is 0 Å². The van der Waals surface area contributed by atoms with Crippen molar-refractivity contribution in [1.82, 2.24) is 4.98 Å². The van der Waals surface area contributed by atoms with Crippen molar-refractivity contribution >= 4 is 10.8 Å². The Kier molecular flexibility index (Phi) is 4.65. The van der Waals surface area contributed by atoms with Crippen LogP contribution in [0.3, 0.4) is 0 Å². The highest BCUT2D eigenvalue weighted by molar-refractivity contribution is 7.85. The fourth-order valence-corrected chi connectivity index (χ4v) is 3.46. The number of hydrogen-bond donors (Lipinski definition) is 0. The van der Waals surface area contributed by atoms with E-state index in [9.17, 15) is 4.21 Å². The number of hydrogen-bond acceptors (Lipinski definition) is 2. The number of benzene rings is 1. The van der Waals surface area contributed by atoms with Gasteiger partial charge in [-0.2, -0.15) is 0 Å². The van der Waals surface area contributed by atoms with E-state index in [4.69, 9.17) is 0 Å². The Morgan fingerprint density at radius 2 is 1.83 bits per heavy atom. The van der Waals surface area contributed by atoms with Gasteiger partial charge in [0, 0.05) is 6.20 Å². The average Bonchev–Trinajstić information content (AvgIpc) is 2.46. The number of pyridine rings is 1. The summed E-state index contributed by atoms with van der Waals surface area (Å²) in [5.41, 5.74) is 1.13. The third kappa shape index (κ3) is 3.05. The van der Waals surface area contributed by atoms with Crippen LogP contribution in [0.25, 0.3) is 0 Å². The van der Waals surface area contributed by atoms with Gasteiger partial charge in [0.25, 0.3) is 0 Å². The van der Waals surface area contributed by atoms with E-state index in [0.717, 1.165) is 18.4 Å². The maximum Gasteiger partial charge on any atom is 0.127 e. The van der Waals surface area contributed by atoms with E-state index in [1.54, 1.807) is 6.20 Å². The summed E-state index contributed by atoms with van der Waals surface area (Å²) in [6, 6.07) is 15.6. The second kappa shape index (κ2) is 6.45. The lowest BCUT2D eigenvalue weighted by Crippen LogP contribution is -2.08. The first-order valence-electron chi connectivity index (χ1n) is 6.19. The highest BCUT2D eigenvalue weighted by atomic mass is 32.2. The Bertz CT molecular complexity index is 498. The number of aromatic nitrogens is 1. The molecule has 0 bridgehead atoms. The highest BCUT2D eigenvalue weighted by Gasteiger charge is 2.20. The van der Waals surface area contributed by atoms with Crippen LogP contribution in [-0.4, -0.2) is 9.19 Å². The third-order valence-corrected chi connectivity index (χ3v) is 4.50. The Balaban J connectivity index is 2.29. The molecule has 2 aromatic rings. The molecule has 2 nitrogen and oxygen atoms in total. The molecule has 0 radical (unpaired) electrons. The standard InChI is InChI=1S/C15H17NOS/c1-2-8-14(13-9-4-3-5-10-13)18(17)15-11-6-7-12-16-15/h3-7,9-12,14H,2,8H2,1H3/t14-,18?/m1/s1. The van der Waals surface area contributed by atoms with E-state index >= 15 is 0 Å². The van der Waals surface area contributed by atoms with Crippen LogP contribution in [0.4, 0.5) is 0 Å². The van der Waals surface area contributed by atoms with Gasteiger partial charge >= 0.3 is 0 Å². The van der Waals surface area contributed by atoms with Crippen LogP contribution in [-0.2, 0) is 10.8 Å². The number of nitrogens with zero attached hydrogens (tertiary/aromatic N) is 1. The predicted molar refractivity (Wildman–Crippen MR) is 74.7 cm³/mol. The lowest BCUT2D eigenvalue weighted by atomic mass is 10.1. The fourth-order valence-electron chi connectivity index (χ4n) is 1.94. The molecule has 2 atom stereocenters. The van der Waals surface area contributed by atoms with E-state index in [1.165, 1.54) is 0 Å². The molecule has 1 aromatic heterocycles. The summed E-state index contributed by atoms with van der Waals surface area (Å²) < 4.78 is 12.6. The lowest BCUT2D eigenvalue weighted by molar-refractivity contribution is 0.656. The van der Waals surface area contributed by atoms with Crippen LogP contribution >= 0.6 is 0 Å². The molecule has 1 heterocycles. The second-order valence-corrected chi connectivity index (χ2v) is 5.74. The van der Waals surface area contributed by atoms with Gasteiger partial charge in [-0.3, -0.25) is 4.21 Å². The quantitative estimate of drug-likeness (QED) is 0.819. The van der Waals surface area contributed by atoms with E-state index < -0.39 is 10.8 Å². The minimum Gasteiger partial charge on any atom is -0.252 e. The van der Waals surface area contributed by atoms with Crippen LogP contribution in [0.15, 0.2) is 59.8 Å². The number of rotatable bonds is 5. The van der Waals surface area contributed by atoms with Crippen molar-refractivity contribution in [3.63, 3.8) is 0 Å². The normalized spacial score (nSPS) is 14.1. The van der Waals surface area contributed by atoms with Crippen LogP contribution in [0.2, 0.25) is 0 Å². The Hall–Kier alpha value is -1.48. The van der Waals surface area contributed by atoms with Crippen LogP contribution in [0.5, 0.6) is 0 Å². The lowest BCUT2D eigenvalue weighted by Gasteiger charge is -2.15. The Morgan fingerprint density at radius 3 is 2.44 bits per heavy atom. The monoisotopic (exact) mass is 259 g/mol. The summed E-state index contributed by atoms with van der Waals surface area (Å²) in [4.78, 5) is 4.21. The predicted octanol–water partition coefficient (Wildman–Crippen LogP) is 3.73. The van der Waals surface area contributed by atoms with E-state index in [0.29, 0.717) is 5.03 Å². The van der Waals surface area contributed by atoms with Gasteiger partial charge in [0.1, 0.15) is 5.03 Å². The minimum absolute atomic E-state index is 0.0334. The topological polar surface area (TPSA) is 30.0 Å². The van der Waals surface area contributed by atoms with E-state index in [1.807, 2.05) is 48.5 Å². The molecular formula is C15H17NOS. The zero-order valence-electron chi connectivity index (χ0n) is 10.5. The SMILES string of the molecule is CCC[C@H](c1ccccc1)S(=O)c1ccccn1. The smallest absolute Gasteiger partial charge is 0.127 e. The molecule has 3 heteroatoms. The van der Waals surface area contributed by atoms with E-state index in [2.05, 4.69) is 11.9 Å². The first-order chi connectivity index (χ1) is 8.83. The molecule has 1 unspecified atom stereocenters. The molecule has 0 fully saturated rings. The van der Waals surface area contributed by atoms with Crippen LogP contribution < -0.4 is 0 Å². The first kappa shape index (κ1) is 13.0. The van der Waals surface area contributed by atoms with Crippen molar-refractivity contribution in [2.45, 2.75) is 30.0 Å². The molecule has 0 saturated heterocycles. The summed E-state index contributed by atoms with van der Waals surface area (Å²) in [5, 5.41) is 0.700. The van der Waals surface area contributed by atoms with Gasteiger partial charge in [0.2, 0.25) is 0 Å². The molecular weight excluding hydrogens is 242 g/mol. The molecule has 94 valence electrons. The minimum atomic E-state index is -1.08. The van der Waals surface area contributed by atoms with Crippen molar-refractivity contribution in [3.05, 3.63) is 60.3 Å². The van der Waals surface area contributed by atoms with Gasteiger partial charge in [0.15, 0.2) is 0 Å². The fraction of sp³-hybridized carbons (Fsp3) is 0.267. The molecule has 2 rings (SSSR count). The van der Waals surface area contributed by atoms with Gasteiger partial charge < -0.3 is 0 Å². The molecule has 0 aliphatic carbocycles. The Labute approximate surface area is 111 Å². The maximum absolute atomic E-state index is 12.6. The molecule has 0 aliphatic rings. The van der Waals surface area contributed by atoms with Crippen molar-refractivity contribution in [3.8, 4) is 0 Å². The Morgan fingerprint density at radius 1 is 1.11 bits per heavy atom. The van der Waals surface area contributed by atoms with Gasteiger partial charge in [-0.25, -0.2) is 4.98 Å².